The van der Waals surface area contributed by atoms with Gasteiger partial charge in [0.05, 0.1) is 0 Å². The van der Waals surface area contributed by atoms with Gasteiger partial charge < -0.3 is 5.32 Å². The van der Waals surface area contributed by atoms with Crippen molar-refractivity contribution in [3.8, 4) is 0 Å². The molecule has 1 rings (SSSR count). The van der Waals surface area contributed by atoms with E-state index >= 15 is 0 Å². The van der Waals surface area contributed by atoms with Gasteiger partial charge in [0.15, 0.2) is 0 Å². The van der Waals surface area contributed by atoms with Gasteiger partial charge in [-0.1, -0.05) is 6.92 Å². The molecule has 1 saturated heterocycles. The summed E-state index contributed by atoms with van der Waals surface area (Å²) in [7, 11) is 0. The van der Waals surface area contributed by atoms with Gasteiger partial charge in [0.2, 0.25) is 0 Å². The van der Waals surface area contributed by atoms with Gasteiger partial charge in [0.25, 0.3) is 0 Å². The van der Waals surface area contributed by atoms with E-state index in [-0.39, 0.29) is 0 Å². The molecular weight excluding hydrogens is 98.1 g/mol. The quantitative estimate of drug-likeness (QED) is 0.496. The first-order chi connectivity index (χ1) is 3.89. The minimum atomic E-state index is 0.789. The summed E-state index contributed by atoms with van der Waals surface area (Å²) in [4.78, 5) is 0. The zero-order valence-corrected chi connectivity index (χ0v) is 5.48. The van der Waals surface area contributed by atoms with Crippen LogP contribution in [0.15, 0.2) is 0 Å². The highest BCUT2D eigenvalue weighted by Gasteiger charge is 2.04. The first kappa shape index (κ1) is 6.09. The van der Waals surface area contributed by atoms with Crippen molar-refractivity contribution in [3.05, 3.63) is 6.42 Å². The van der Waals surface area contributed by atoms with Crippen LogP contribution in [0.5, 0.6) is 0 Å². The van der Waals surface area contributed by atoms with Crippen LogP contribution in [0.1, 0.15) is 19.8 Å². The molecule has 0 spiro atoms. The van der Waals surface area contributed by atoms with Crippen LogP contribution in [-0.2, 0) is 0 Å². The van der Waals surface area contributed by atoms with E-state index in [1.807, 2.05) is 0 Å². The third kappa shape index (κ3) is 1.83. The fourth-order valence-corrected chi connectivity index (χ4v) is 1.04. The minimum Gasteiger partial charge on any atom is -0.316 e. The van der Waals surface area contributed by atoms with Crippen LogP contribution >= 0.6 is 0 Å². The molecule has 1 atom stereocenters. The van der Waals surface area contributed by atoms with Crippen LogP contribution in [0.4, 0.5) is 0 Å². The Morgan fingerprint density at radius 2 is 2.50 bits per heavy atom. The molecule has 8 heavy (non-hydrogen) atoms. The number of hydrogen-bond acceptors (Lipinski definition) is 1. The number of nitrogens with one attached hydrogen (secondary N) is 1. The molecule has 1 radical (unpaired) electrons. The monoisotopic (exact) mass is 112 g/mol. The lowest BCUT2D eigenvalue weighted by atomic mass is 10.1. The topological polar surface area (TPSA) is 12.0 Å². The van der Waals surface area contributed by atoms with E-state index in [1.54, 1.807) is 0 Å². The first-order valence-corrected chi connectivity index (χ1v) is 3.43. The maximum atomic E-state index is 3.37. The van der Waals surface area contributed by atoms with Gasteiger partial charge in [0.1, 0.15) is 0 Å². The SMILES string of the molecule is CC1[CH]CCCNC1. The average Bonchev–Trinajstić information content (AvgIpc) is 1.94. The summed E-state index contributed by atoms with van der Waals surface area (Å²) in [5, 5.41) is 3.37. The highest BCUT2D eigenvalue weighted by Crippen LogP contribution is 2.07. The van der Waals surface area contributed by atoms with Crippen LogP contribution in [0.2, 0.25) is 0 Å². The molecule has 1 nitrogen and oxygen atoms in total. The normalized spacial score (nSPS) is 31.9. The zero-order valence-electron chi connectivity index (χ0n) is 5.48. The maximum absolute atomic E-state index is 3.37. The molecule has 0 aromatic rings. The minimum absolute atomic E-state index is 0.789. The third-order valence-corrected chi connectivity index (χ3v) is 1.59. The van der Waals surface area contributed by atoms with Gasteiger partial charge in [0, 0.05) is 0 Å². The number of rotatable bonds is 0. The summed E-state index contributed by atoms with van der Waals surface area (Å²) in [6.07, 6.45) is 5.03. The van der Waals surface area contributed by atoms with Crippen molar-refractivity contribution in [1.29, 1.82) is 0 Å². The second-order valence-corrected chi connectivity index (χ2v) is 2.56. The Labute approximate surface area is 51.5 Å². The van der Waals surface area contributed by atoms with Crippen molar-refractivity contribution in [3.63, 3.8) is 0 Å². The Balaban J connectivity index is 2.17. The Bertz CT molecular complexity index is 53.4. The van der Waals surface area contributed by atoms with E-state index in [9.17, 15) is 0 Å². The second kappa shape index (κ2) is 3.08. The van der Waals surface area contributed by atoms with Crippen molar-refractivity contribution >= 4 is 0 Å². The summed E-state index contributed by atoms with van der Waals surface area (Å²) in [6.45, 7) is 4.65. The van der Waals surface area contributed by atoms with Gasteiger partial charge in [-0.25, -0.2) is 0 Å². The fraction of sp³-hybridized carbons (Fsp3) is 0.857. The molecule has 0 bridgehead atoms. The molecule has 1 heteroatoms. The van der Waals surface area contributed by atoms with E-state index in [1.165, 1.54) is 25.9 Å². The Hall–Kier alpha value is -0.0400. The molecule has 1 aliphatic rings. The van der Waals surface area contributed by atoms with Gasteiger partial charge in [-0.05, 0) is 38.3 Å². The average molecular weight is 112 g/mol. The van der Waals surface area contributed by atoms with Gasteiger partial charge in [-0.3, -0.25) is 0 Å². The van der Waals surface area contributed by atoms with Crippen LogP contribution in [0.3, 0.4) is 0 Å². The summed E-state index contributed by atoms with van der Waals surface area (Å²) in [5.41, 5.74) is 0. The Morgan fingerprint density at radius 3 is 3.38 bits per heavy atom. The van der Waals surface area contributed by atoms with E-state index in [2.05, 4.69) is 18.7 Å². The molecule has 1 unspecified atom stereocenters. The Kier molecular flexibility index (Phi) is 2.34. The lowest BCUT2D eigenvalue weighted by Gasteiger charge is -2.03. The van der Waals surface area contributed by atoms with E-state index in [4.69, 9.17) is 0 Å². The molecule has 0 aliphatic carbocycles. The maximum Gasteiger partial charge on any atom is -0.00204 e. The predicted molar refractivity (Wildman–Crippen MR) is 35.6 cm³/mol. The van der Waals surface area contributed by atoms with Gasteiger partial charge in [-0.2, -0.15) is 0 Å². The molecule has 47 valence electrons. The van der Waals surface area contributed by atoms with Crippen molar-refractivity contribution in [2.24, 2.45) is 5.92 Å². The van der Waals surface area contributed by atoms with Crippen LogP contribution in [-0.4, -0.2) is 13.1 Å². The Morgan fingerprint density at radius 1 is 1.62 bits per heavy atom. The van der Waals surface area contributed by atoms with Crippen molar-refractivity contribution in [2.75, 3.05) is 13.1 Å². The second-order valence-electron chi connectivity index (χ2n) is 2.56. The smallest absolute Gasteiger partial charge is 0.00204 e. The molecule has 0 amide bonds. The summed E-state index contributed by atoms with van der Waals surface area (Å²) >= 11 is 0. The molecule has 1 N–H and O–H groups in total. The van der Waals surface area contributed by atoms with Gasteiger partial charge >= 0.3 is 0 Å². The molecular formula is C7H14N. The molecule has 1 aliphatic heterocycles. The molecule has 1 heterocycles. The fourth-order valence-electron chi connectivity index (χ4n) is 1.04. The van der Waals surface area contributed by atoms with E-state index in [0.717, 1.165) is 5.92 Å². The molecule has 0 saturated carbocycles. The van der Waals surface area contributed by atoms with Crippen molar-refractivity contribution in [1.82, 2.24) is 5.32 Å². The van der Waals surface area contributed by atoms with Crippen LogP contribution in [0, 0.1) is 12.3 Å². The van der Waals surface area contributed by atoms with Crippen molar-refractivity contribution < 1.29 is 0 Å². The lowest BCUT2D eigenvalue weighted by molar-refractivity contribution is 0.607. The zero-order chi connectivity index (χ0) is 5.82. The standard InChI is InChI=1S/C7H14N/c1-7-4-2-3-5-8-6-7/h4,7-8H,2-3,5-6H2,1H3. The molecule has 1 fully saturated rings. The summed E-state index contributed by atoms with van der Waals surface area (Å²) in [5.74, 6) is 0.789. The summed E-state index contributed by atoms with van der Waals surface area (Å²) < 4.78 is 0. The lowest BCUT2D eigenvalue weighted by Crippen LogP contribution is -2.18. The molecule has 0 aromatic heterocycles. The molecule has 0 aromatic carbocycles. The van der Waals surface area contributed by atoms with Crippen LogP contribution in [0.25, 0.3) is 0 Å². The highest BCUT2D eigenvalue weighted by atomic mass is 14.9. The van der Waals surface area contributed by atoms with Crippen LogP contribution < -0.4 is 5.32 Å². The number of hydrogen-bond donors (Lipinski definition) is 1. The summed E-state index contributed by atoms with van der Waals surface area (Å²) in [6, 6.07) is 0. The predicted octanol–water partition coefficient (Wildman–Crippen LogP) is 1.21. The third-order valence-electron chi connectivity index (χ3n) is 1.59. The van der Waals surface area contributed by atoms with Crippen molar-refractivity contribution in [2.45, 2.75) is 19.8 Å². The van der Waals surface area contributed by atoms with E-state index in [0.29, 0.717) is 0 Å². The largest absolute Gasteiger partial charge is 0.316 e. The van der Waals surface area contributed by atoms with E-state index < -0.39 is 0 Å². The first-order valence-electron chi connectivity index (χ1n) is 3.43. The highest BCUT2D eigenvalue weighted by molar-refractivity contribution is 4.77. The van der Waals surface area contributed by atoms with Gasteiger partial charge in [-0.15, -0.1) is 0 Å².